The van der Waals surface area contributed by atoms with Gasteiger partial charge in [0.2, 0.25) is 5.91 Å². The van der Waals surface area contributed by atoms with Crippen LogP contribution in [0.3, 0.4) is 0 Å². The largest absolute Gasteiger partial charge is 0.335 e. The van der Waals surface area contributed by atoms with Gasteiger partial charge in [0.15, 0.2) is 0 Å². The molecule has 0 radical (unpaired) electrons. The summed E-state index contributed by atoms with van der Waals surface area (Å²) in [6, 6.07) is 6.30. The summed E-state index contributed by atoms with van der Waals surface area (Å²) < 4.78 is 12.9. The highest BCUT2D eigenvalue weighted by Gasteiger charge is 2.29. The van der Waals surface area contributed by atoms with Crippen LogP contribution in [0.15, 0.2) is 24.3 Å². The molecule has 104 valence electrons. The molecule has 0 spiro atoms. The summed E-state index contributed by atoms with van der Waals surface area (Å²) in [5, 5.41) is 3.24. The highest BCUT2D eigenvalue weighted by molar-refractivity contribution is 5.82. The molecule has 0 bridgehead atoms. The summed E-state index contributed by atoms with van der Waals surface area (Å²) in [6.07, 6.45) is 1.96. The summed E-state index contributed by atoms with van der Waals surface area (Å²) >= 11 is 0. The first kappa shape index (κ1) is 14.0. The van der Waals surface area contributed by atoms with Crippen LogP contribution in [0, 0.1) is 5.82 Å². The molecule has 3 nitrogen and oxygen atoms in total. The lowest BCUT2D eigenvalue weighted by atomic mass is 10.1. The third-order valence-electron chi connectivity index (χ3n) is 3.80. The summed E-state index contributed by atoms with van der Waals surface area (Å²) in [4.78, 5) is 14.3. The standard InChI is InChI=1S/C15H21FN2O/c1-3-18(15(19)14-5-4-10-17-14)11(2)12-6-8-13(16)9-7-12/h6-9,11,14,17H,3-5,10H2,1-2H3/t11?,14-/m1/s1. The van der Waals surface area contributed by atoms with Crippen LogP contribution in [-0.4, -0.2) is 29.9 Å². The van der Waals surface area contributed by atoms with Crippen molar-refractivity contribution in [3.63, 3.8) is 0 Å². The Kier molecular flexibility index (Phi) is 4.53. The number of hydrogen-bond donors (Lipinski definition) is 1. The van der Waals surface area contributed by atoms with Crippen molar-refractivity contribution < 1.29 is 9.18 Å². The maximum Gasteiger partial charge on any atom is 0.240 e. The molecule has 2 rings (SSSR count). The molecule has 0 aromatic heterocycles. The molecule has 19 heavy (non-hydrogen) atoms. The zero-order chi connectivity index (χ0) is 13.8. The third-order valence-corrected chi connectivity index (χ3v) is 3.80. The summed E-state index contributed by atoms with van der Waals surface area (Å²) in [5.41, 5.74) is 0.967. The van der Waals surface area contributed by atoms with E-state index in [1.54, 1.807) is 12.1 Å². The molecule has 1 aromatic rings. The van der Waals surface area contributed by atoms with Gasteiger partial charge < -0.3 is 10.2 Å². The number of nitrogens with one attached hydrogen (secondary N) is 1. The van der Waals surface area contributed by atoms with Crippen molar-refractivity contribution in [2.75, 3.05) is 13.1 Å². The Labute approximate surface area is 113 Å². The van der Waals surface area contributed by atoms with Crippen molar-refractivity contribution in [3.8, 4) is 0 Å². The van der Waals surface area contributed by atoms with Gasteiger partial charge in [0, 0.05) is 6.54 Å². The van der Waals surface area contributed by atoms with E-state index in [1.165, 1.54) is 12.1 Å². The van der Waals surface area contributed by atoms with Gasteiger partial charge in [0.1, 0.15) is 5.82 Å². The number of likely N-dealkylation sites (N-methyl/N-ethyl adjacent to an activating group) is 1. The minimum atomic E-state index is -0.247. The van der Waals surface area contributed by atoms with Crippen LogP contribution >= 0.6 is 0 Å². The first-order valence-corrected chi connectivity index (χ1v) is 6.92. The first-order chi connectivity index (χ1) is 9.13. The van der Waals surface area contributed by atoms with Crippen molar-refractivity contribution >= 4 is 5.91 Å². The van der Waals surface area contributed by atoms with E-state index in [9.17, 15) is 9.18 Å². The average Bonchev–Trinajstić information content (AvgIpc) is 2.94. The minimum absolute atomic E-state index is 0.0273. The number of rotatable bonds is 4. The second-order valence-electron chi connectivity index (χ2n) is 5.00. The zero-order valence-corrected chi connectivity index (χ0v) is 11.5. The van der Waals surface area contributed by atoms with Gasteiger partial charge in [-0.3, -0.25) is 4.79 Å². The van der Waals surface area contributed by atoms with E-state index in [-0.39, 0.29) is 23.8 Å². The second-order valence-corrected chi connectivity index (χ2v) is 5.00. The maximum atomic E-state index is 12.9. The third kappa shape index (κ3) is 3.13. The van der Waals surface area contributed by atoms with Crippen LogP contribution in [0.4, 0.5) is 4.39 Å². The van der Waals surface area contributed by atoms with Crippen molar-refractivity contribution in [1.29, 1.82) is 0 Å². The fourth-order valence-electron chi connectivity index (χ4n) is 2.64. The van der Waals surface area contributed by atoms with Crippen LogP contribution in [0.1, 0.15) is 38.3 Å². The van der Waals surface area contributed by atoms with Gasteiger partial charge in [-0.1, -0.05) is 12.1 Å². The predicted molar refractivity (Wildman–Crippen MR) is 73.2 cm³/mol. The Bertz CT molecular complexity index is 426. The Morgan fingerprint density at radius 3 is 2.68 bits per heavy atom. The van der Waals surface area contributed by atoms with Crippen molar-refractivity contribution in [2.45, 2.75) is 38.8 Å². The zero-order valence-electron chi connectivity index (χ0n) is 11.5. The van der Waals surface area contributed by atoms with Crippen molar-refractivity contribution in [2.24, 2.45) is 0 Å². The average molecular weight is 264 g/mol. The molecule has 1 aliphatic heterocycles. The molecule has 0 saturated carbocycles. The second kappa shape index (κ2) is 6.15. The van der Waals surface area contributed by atoms with Crippen LogP contribution < -0.4 is 5.32 Å². The molecule has 1 N–H and O–H groups in total. The molecule has 1 unspecified atom stereocenters. The van der Waals surface area contributed by atoms with E-state index < -0.39 is 0 Å². The monoisotopic (exact) mass is 264 g/mol. The maximum absolute atomic E-state index is 12.9. The highest BCUT2D eigenvalue weighted by Crippen LogP contribution is 2.22. The lowest BCUT2D eigenvalue weighted by Crippen LogP contribution is -2.44. The van der Waals surface area contributed by atoms with Gasteiger partial charge >= 0.3 is 0 Å². The fourth-order valence-corrected chi connectivity index (χ4v) is 2.64. The molecule has 1 fully saturated rings. The van der Waals surface area contributed by atoms with Crippen LogP contribution in [-0.2, 0) is 4.79 Å². The number of benzene rings is 1. The number of carbonyl (C=O) groups excluding carboxylic acids is 1. The summed E-state index contributed by atoms with van der Waals surface area (Å²) in [6.45, 7) is 5.55. The summed E-state index contributed by atoms with van der Waals surface area (Å²) in [5.74, 6) is -0.0976. The van der Waals surface area contributed by atoms with Crippen molar-refractivity contribution in [1.82, 2.24) is 10.2 Å². The molecule has 2 atom stereocenters. The Morgan fingerprint density at radius 2 is 2.16 bits per heavy atom. The molecule has 1 amide bonds. The van der Waals surface area contributed by atoms with Gasteiger partial charge in [-0.15, -0.1) is 0 Å². The SMILES string of the molecule is CCN(C(=O)[C@H]1CCCN1)C(C)c1ccc(F)cc1. The fraction of sp³-hybridized carbons (Fsp3) is 0.533. The Hall–Kier alpha value is -1.42. The van der Waals surface area contributed by atoms with Crippen molar-refractivity contribution in [3.05, 3.63) is 35.6 Å². The van der Waals surface area contributed by atoms with Gasteiger partial charge in [-0.05, 0) is 50.9 Å². The van der Waals surface area contributed by atoms with E-state index in [4.69, 9.17) is 0 Å². The van der Waals surface area contributed by atoms with Crippen LogP contribution in [0.2, 0.25) is 0 Å². The van der Waals surface area contributed by atoms with Crippen LogP contribution in [0.25, 0.3) is 0 Å². The van der Waals surface area contributed by atoms with Gasteiger partial charge in [0.25, 0.3) is 0 Å². The molecule has 1 aromatic carbocycles. The Balaban J connectivity index is 2.11. The highest BCUT2D eigenvalue weighted by atomic mass is 19.1. The van der Waals surface area contributed by atoms with Gasteiger partial charge in [0.05, 0.1) is 12.1 Å². The number of nitrogens with zero attached hydrogens (tertiary/aromatic N) is 1. The van der Waals surface area contributed by atoms with Gasteiger partial charge in [-0.2, -0.15) is 0 Å². The van der Waals surface area contributed by atoms with Crippen LogP contribution in [0.5, 0.6) is 0 Å². The van der Waals surface area contributed by atoms with E-state index in [2.05, 4.69) is 5.32 Å². The molecule has 4 heteroatoms. The quantitative estimate of drug-likeness (QED) is 0.906. The molecule has 0 aliphatic carbocycles. The number of carbonyl (C=O) groups is 1. The smallest absolute Gasteiger partial charge is 0.240 e. The lowest BCUT2D eigenvalue weighted by molar-refractivity contribution is -0.135. The first-order valence-electron chi connectivity index (χ1n) is 6.92. The number of hydrogen-bond acceptors (Lipinski definition) is 2. The minimum Gasteiger partial charge on any atom is -0.335 e. The molecule has 1 heterocycles. The topological polar surface area (TPSA) is 32.3 Å². The van der Waals surface area contributed by atoms with E-state index in [1.807, 2.05) is 18.7 Å². The predicted octanol–water partition coefficient (Wildman–Crippen LogP) is 2.49. The van der Waals surface area contributed by atoms with E-state index in [0.717, 1.165) is 24.9 Å². The van der Waals surface area contributed by atoms with E-state index in [0.29, 0.717) is 6.54 Å². The molecule has 1 saturated heterocycles. The normalized spacial score (nSPS) is 20.3. The molecular weight excluding hydrogens is 243 g/mol. The summed E-state index contributed by atoms with van der Waals surface area (Å²) in [7, 11) is 0. The molecular formula is C15H21FN2O. The molecule has 1 aliphatic rings. The van der Waals surface area contributed by atoms with E-state index >= 15 is 0 Å². The number of halogens is 1. The Morgan fingerprint density at radius 1 is 1.47 bits per heavy atom. The van der Waals surface area contributed by atoms with Gasteiger partial charge in [-0.25, -0.2) is 4.39 Å². The lowest BCUT2D eigenvalue weighted by Gasteiger charge is -2.30. The number of amides is 1.